The summed E-state index contributed by atoms with van der Waals surface area (Å²) in [5.74, 6) is 0.645. The molecule has 1 aromatic carbocycles. The highest BCUT2D eigenvalue weighted by molar-refractivity contribution is 6.30. The summed E-state index contributed by atoms with van der Waals surface area (Å²) in [4.78, 5) is 12.0. The zero-order chi connectivity index (χ0) is 13.9. The second-order valence-electron chi connectivity index (χ2n) is 5.07. The predicted molar refractivity (Wildman–Crippen MR) is 77.5 cm³/mol. The van der Waals surface area contributed by atoms with Gasteiger partial charge in [-0.25, -0.2) is 0 Å². The lowest BCUT2D eigenvalue weighted by atomic mass is 10.1. The Morgan fingerprint density at radius 1 is 1.40 bits per heavy atom. The summed E-state index contributed by atoms with van der Waals surface area (Å²) in [7, 11) is 0. The van der Waals surface area contributed by atoms with Crippen molar-refractivity contribution in [2.75, 3.05) is 6.54 Å². The molecule has 5 heteroatoms. The van der Waals surface area contributed by atoms with Gasteiger partial charge in [-0.05, 0) is 17.9 Å². The molecule has 1 amide bonds. The molecular formula is C15H16ClN3O. The number of rotatable bonds is 5. The average molecular weight is 290 g/mol. The maximum Gasteiger partial charge on any atom is 0.223 e. The van der Waals surface area contributed by atoms with Crippen LogP contribution in [0.25, 0.3) is 0 Å². The molecule has 3 rings (SSSR count). The van der Waals surface area contributed by atoms with Gasteiger partial charge in [0.15, 0.2) is 0 Å². The van der Waals surface area contributed by atoms with Gasteiger partial charge in [0.1, 0.15) is 0 Å². The number of amides is 1. The fourth-order valence-electron chi connectivity index (χ4n) is 2.44. The third-order valence-electron chi connectivity index (χ3n) is 3.60. The summed E-state index contributed by atoms with van der Waals surface area (Å²) in [6.07, 6.45) is 4.29. The number of aromatic nitrogens is 2. The molecule has 1 aliphatic rings. The highest BCUT2D eigenvalue weighted by Gasteiger charge is 2.43. The van der Waals surface area contributed by atoms with E-state index < -0.39 is 0 Å². The Balaban J connectivity index is 1.45. The van der Waals surface area contributed by atoms with Crippen molar-refractivity contribution in [1.29, 1.82) is 0 Å². The van der Waals surface area contributed by atoms with E-state index in [0.717, 1.165) is 6.42 Å². The van der Waals surface area contributed by atoms with Gasteiger partial charge < -0.3 is 5.32 Å². The first-order valence-corrected chi connectivity index (χ1v) is 7.12. The summed E-state index contributed by atoms with van der Waals surface area (Å²) >= 11 is 5.78. The lowest BCUT2D eigenvalue weighted by Crippen LogP contribution is -2.29. The molecule has 20 heavy (non-hydrogen) atoms. The highest BCUT2D eigenvalue weighted by atomic mass is 35.5. The lowest BCUT2D eigenvalue weighted by molar-refractivity contribution is -0.122. The van der Waals surface area contributed by atoms with E-state index in [1.807, 2.05) is 18.2 Å². The molecule has 4 nitrogen and oxygen atoms in total. The third kappa shape index (κ3) is 3.02. The van der Waals surface area contributed by atoms with Crippen molar-refractivity contribution in [2.45, 2.75) is 18.9 Å². The average Bonchev–Trinajstić information content (AvgIpc) is 3.17. The van der Waals surface area contributed by atoms with E-state index in [1.54, 1.807) is 17.1 Å². The number of carbonyl (C=O) groups excluding carboxylic acids is 1. The van der Waals surface area contributed by atoms with Gasteiger partial charge in [0.05, 0.1) is 17.8 Å². The minimum absolute atomic E-state index is 0.124. The van der Waals surface area contributed by atoms with Gasteiger partial charge in [0, 0.05) is 18.7 Å². The number of hydrogen-bond acceptors (Lipinski definition) is 2. The first-order valence-electron chi connectivity index (χ1n) is 6.74. The van der Waals surface area contributed by atoms with Crippen LogP contribution >= 0.6 is 11.6 Å². The fourth-order valence-corrected chi connectivity index (χ4v) is 2.60. The summed E-state index contributed by atoms with van der Waals surface area (Å²) in [6, 6.07) is 10.2. The topological polar surface area (TPSA) is 46.9 Å². The van der Waals surface area contributed by atoms with E-state index >= 15 is 0 Å². The minimum atomic E-state index is 0.124. The van der Waals surface area contributed by atoms with E-state index in [4.69, 9.17) is 11.6 Å². The zero-order valence-electron chi connectivity index (χ0n) is 11.0. The quantitative estimate of drug-likeness (QED) is 0.919. The van der Waals surface area contributed by atoms with Gasteiger partial charge in [-0.3, -0.25) is 9.48 Å². The number of nitrogens with one attached hydrogen (secondary N) is 1. The van der Waals surface area contributed by atoms with Gasteiger partial charge in [0.2, 0.25) is 5.91 Å². The van der Waals surface area contributed by atoms with Crippen LogP contribution in [0.15, 0.2) is 42.7 Å². The van der Waals surface area contributed by atoms with Crippen molar-refractivity contribution < 1.29 is 4.79 Å². The van der Waals surface area contributed by atoms with E-state index in [-0.39, 0.29) is 11.8 Å². The molecule has 1 saturated carbocycles. The van der Waals surface area contributed by atoms with Crippen LogP contribution < -0.4 is 5.32 Å². The normalized spacial score (nSPS) is 20.6. The Labute approximate surface area is 122 Å². The number of nitrogens with zero attached hydrogens (tertiary/aromatic N) is 2. The van der Waals surface area contributed by atoms with Crippen molar-refractivity contribution >= 4 is 17.5 Å². The Hall–Kier alpha value is -1.81. The van der Waals surface area contributed by atoms with E-state index in [0.29, 0.717) is 24.0 Å². The Kier molecular flexibility index (Phi) is 3.74. The molecule has 0 spiro atoms. The zero-order valence-corrected chi connectivity index (χ0v) is 11.8. The Morgan fingerprint density at radius 2 is 2.20 bits per heavy atom. The van der Waals surface area contributed by atoms with Crippen molar-refractivity contribution in [3.05, 3.63) is 53.3 Å². The molecule has 1 fully saturated rings. The monoisotopic (exact) mass is 289 g/mol. The maximum absolute atomic E-state index is 12.0. The number of halogens is 1. The van der Waals surface area contributed by atoms with Gasteiger partial charge >= 0.3 is 0 Å². The van der Waals surface area contributed by atoms with E-state index in [9.17, 15) is 4.79 Å². The van der Waals surface area contributed by atoms with Crippen LogP contribution in [0.3, 0.4) is 0 Å². The number of carbonyl (C=O) groups is 1. The molecule has 0 saturated heterocycles. The second-order valence-corrected chi connectivity index (χ2v) is 5.51. The number of benzene rings is 1. The predicted octanol–water partition coefficient (Wildman–Crippen LogP) is 2.46. The van der Waals surface area contributed by atoms with Crippen LogP contribution in [-0.2, 0) is 11.3 Å². The molecule has 2 aromatic rings. The van der Waals surface area contributed by atoms with Crippen molar-refractivity contribution in [3.8, 4) is 0 Å². The molecule has 2 unspecified atom stereocenters. The first kappa shape index (κ1) is 13.2. The summed E-state index contributed by atoms with van der Waals surface area (Å²) in [6.45, 7) is 1.22. The molecule has 1 aliphatic carbocycles. The molecule has 1 heterocycles. The highest BCUT2D eigenvalue weighted by Crippen LogP contribution is 2.47. The van der Waals surface area contributed by atoms with Crippen LogP contribution in [0.5, 0.6) is 0 Å². The molecule has 0 radical (unpaired) electrons. The van der Waals surface area contributed by atoms with Gasteiger partial charge in [0.25, 0.3) is 0 Å². The van der Waals surface area contributed by atoms with Crippen LogP contribution in [-0.4, -0.2) is 22.2 Å². The molecular weight excluding hydrogens is 274 g/mol. The Bertz CT molecular complexity index is 596. The summed E-state index contributed by atoms with van der Waals surface area (Å²) < 4.78 is 1.73. The van der Waals surface area contributed by atoms with E-state index in [2.05, 4.69) is 22.5 Å². The summed E-state index contributed by atoms with van der Waals surface area (Å²) in [5, 5.41) is 7.64. The molecule has 1 aromatic heterocycles. The van der Waals surface area contributed by atoms with E-state index in [1.165, 1.54) is 5.56 Å². The molecule has 104 valence electrons. The third-order valence-corrected chi connectivity index (χ3v) is 3.79. The standard InChI is InChI=1S/C15H16ClN3O/c16-12-9-18-19(10-12)7-6-17-15(20)14-8-13(14)11-4-2-1-3-5-11/h1-5,9-10,13-14H,6-8H2,(H,17,20). The first-order chi connectivity index (χ1) is 9.74. The molecule has 0 bridgehead atoms. The fraction of sp³-hybridized carbons (Fsp3) is 0.333. The SMILES string of the molecule is O=C(NCCn1cc(Cl)cn1)C1CC1c1ccccc1. The maximum atomic E-state index is 12.0. The minimum Gasteiger partial charge on any atom is -0.354 e. The van der Waals surface area contributed by atoms with Crippen molar-refractivity contribution in [2.24, 2.45) is 5.92 Å². The molecule has 2 atom stereocenters. The Morgan fingerprint density at radius 3 is 2.90 bits per heavy atom. The van der Waals surface area contributed by atoms with Crippen LogP contribution in [0.4, 0.5) is 0 Å². The summed E-state index contributed by atoms with van der Waals surface area (Å²) in [5.41, 5.74) is 1.26. The lowest BCUT2D eigenvalue weighted by Gasteiger charge is -2.05. The largest absolute Gasteiger partial charge is 0.354 e. The van der Waals surface area contributed by atoms with Gasteiger partial charge in [-0.1, -0.05) is 41.9 Å². The van der Waals surface area contributed by atoms with Crippen LogP contribution in [0.2, 0.25) is 5.02 Å². The number of hydrogen-bond donors (Lipinski definition) is 1. The molecule has 0 aliphatic heterocycles. The van der Waals surface area contributed by atoms with Crippen LogP contribution in [0, 0.1) is 5.92 Å². The van der Waals surface area contributed by atoms with Gasteiger partial charge in [-0.15, -0.1) is 0 Å². The van der Waals surface area contributed by atoms with Crippen LogP contribution in [0.1, 0.15) is 17.9 Å². The smallest absolute Gasteiger partial charge is 0.223 e. The van der Waals surface area contributed by atoms with Crippen molar-refractivity contribution in [1.82, 2.24) is 15.1 Å². The second kappa shape index (κ2) is 5.67. The molecule has 1 N–H and O–H groups in total. The van der Waals surface area contributed by atoms with Gasteiger partial charge in [-0.2, -0.15) is 5.10 Å². The van der Waals surface area contributed by atoms with Crippen molar-refractivity contribution in [3.63, 3.8) is 0 Å².